The summed E-state index contributed by atoms with van der Waals surface area (Å²) in [5.74, 6) is 0.898. The zero-order valence-electron chi connectivity index (χ0n) is 24.2. The number of aromatic nitrogens is 2. The average Bonchev–Trinajstić information content (AvgIpc) is 3.28. The Morgan fingerprint density at radius 3 is 1.41 bits per heavy atom. The molecule has 1 N–H and O–H groups in total. The second kappa shape index (κ2) is 9.74. The largest absolute Gasteiger partial charge is 0.378 e. The van der Waals surface area contributed by atoms with Gasteiger partial charge in [0.05, 0.1) is 11.4 Å². The zero-order chi connectivity index (χ0) is 27.1. The number of nitrogens with zero attached hydrogens (tertiary/aromatic N) is 3. The number of imidazole rings is 1. The van der Waals surface area contributed by atoms with Gasteiger partial charge >= 0.3 is 0 Å². The van der Waals surface area contributed by atoms with E-state index in [0.29, 0.717) is 0 Å². The molecule has 0 spiro atoms. The van der Waals surface area contributed by atoms with Gasteiger partial charge in [0.25, 0.3) is 0 Å². The third-order valence-corrected chi connectivity index (χ3v) is 6.97. The Morgan fingerprint density at radius 1 is 0.568 bits per heavy atom. The van der Waals surface area contributed by atoms with Crippen molar-refractivity contribution in [1.82, 2.24) is 9.97 Å². The van der Waals surface area contributed by atoms with Crippen LogP contribution in [0.3, 0.4) is 0 Å². The molecule has 0 saturated carbocycles. The molecule has 4 rings (SSSR count). The fourth-order valence-electron chi connectivity index (χ4n) is 4.40. The number of rotatable bonds is 5. The van der Waals surface area contributed by atoms with E-state index in [4.69, 9.17) is 4.98 Å². The molecule has 3 aromatic carbocycles. The standard InChI is InChI=1S/C33H42N4/c1-32(2,3)25-19-24(20-26(21-25)33(4,5)6)31-34-29(22-11-15-27(16-12-22)36(7)8)30(35-31)23-13-17-28(18-14-23)37(9)10/h11-21H,1-10H3,(H,34,35). The topological polar surface area (TPSA) is 35.2 Å². The molecule has 0 aliphatic carbocycles. The number of hydrogen-bond donors (Lipinski definition) is 1. The number of H-pyrrole nitrogens is 1. The van der Waals surface area contributed by atoms with Crippen LogP contribution >= 0.6 is 0 Å². The van der Waals surface area contributed by atoms with E-state index in [-0.39, 0.29) is 10.8 Å². The minimum Gasteiger partial charge on any atom is -0.378 e. The number of aromatic amines is 1. The van der Waals surface area contributed by atoms with Crippen molar-refractivity contribution in [3.05, 3.63) is 77.9 Å². The quantitative estimate of drug-likeness (QED) is 0.304. The highest BCUT2D eigenvalue weighted by Crippen LogP contribution is 2.37. The fraction of sp³-hybridized carbons (Fsp3) is 0.364. The molecule has 1 heterocycles. The Balaban J connectivity index is 1.92. The Bertz CT molecular complexity index is 1260. The first-order valence-electron chi connectivity index (χ1n) is 13.1. The maximum atomic E-state index is 5.23. The minimum atomic E-state index is 0.0400. The molecule has 0 unspecified atom stereocenters. The monoisotopic (exact) mass is 494 g/mol. The van der Waals surface area contributed by atoms with Gasteiger partial charge in [0.1, 0.15) is 5.82 Å². The van der Waals surface area contributed by atoms with Crippen LogP contribution in [0.4, 0.5) is 11.4 Å². The van der Waals surface area contributed by atoms with Crippen LogP contribution in [0, 0.1) is 0 Å². The molecule has 0 aliphatic rings. The highest BCUT2D eigenvalue weighted by Gasteiger charge is 2.23. The molecule has 4 heteroatoms. The summed E-state index contributed by atoms with van der Waals surface area (Å²) < 4.78 is 0. The first-order valence-corrected chi connectivity index (χ1v) is 13.1. The van der Waals surface area contributed by atoms with Crippen LogP contribution in [-0.2, 0) is 10.8 Å². The summed E-state index contributed by atoms with van der Waals surface area (Å²) in [7, 11) is 8.26. The summed E-state index contributed by atoms with van der Waals surface area (Å²) in [5, 5.41) is 0. The lowest BCUT2D eigenvalue weighted by Crippen LogP contribution is -2.16. The number of anilines is 2. The lowest BCUT2D eigenvalue weighted by Gasteiger charge is -2.26. The summed E-state index contributed by atoms with van der Waals surface area (Å²) >= 11 is 0. The van der Waals surface area contributed by atoms with Crippen molar-refractivity contribution in [2.45, 2.75) is 52.4 Å². The Labute approximate surface area is 223 Å². The van der Waals surface area contributed by atoms with E-state index >= 15 is 0 Å². The van der Waals surface area contributed by atoms with Crippen LogP contribution in [0.1, 0.15) is 52.7 Å². The highest BCUT2D eigenvalue weighted by atomic mass is 15.1. The first kappa shape index (κ1) is 26.5. The van der Waals surface area contributed by atoms with Gasteiger partial charge in [-0.3, -0.25) is 0 Å². The molecule has 0 fully saturated rings. The van der Waals surface area contributed by atoms with E-state index in [2.05, 4.69) is 151 Å². The molecular weight excluding hydrogens is 452 g/mol. The molecule has 0 saturated heterocycles. The molecule has 194 valence electrons. The van der Waals surface area contributed by atoms with Crippen molar-refractivity contribution in [3.63, 3.8) is 0 Å². The van der Waals surface area contributed by atoms with Gasteiger partial charge in [-0.1, -0.05) is 71.9 Å². The van der Waals surface area contributed by atoms with Gasteiger partial charge < -0.3 is 14.8 Å². The van der Waals surface area contributed by atoms with Crippen molar-refractivity contribution < 1.29 is 0 Å². The maximum Gasteiger partial charge on any atom is 0.138 e. The predicted octanol–water partition coefficient (Wildman–Crippen LogP) is 8.14. The van der Waals surface area contributed by atoms with E-state index in [0.717, 1.165) is 33.9 Å². The zero-order valence-corrected chi connectivity index (χ0v) is 24.2. The fourth-order valence-corrected chi connectivity index (χ4v) is 4.40. The number of hydrogen-bond acceptors (Lipinski definition) is 3. The molecule has 4 aromatic rings. The van der Waals surface area contributed by atoms with Gasteiger partial charge in [-0.15, -0.1) is 0 Å². The van der Waals surface area contributed by atoms with E-state index in [1.807, 2.05) is 0 Å². The Kier molecular flexibility index (Phi) is 6.98. The van der Waals surface area contributed by atoms with Crippen molar-refractivity contribution in [3.8, 4) is 33.9 Å². The minimum absolute atomic E-state index is 0.0400. The van der Waals surface area contributed by atoms with Crippen LogP contribution < -0.4 is 9.80 Å². The third kappa shape index (κ3) is 5.74. The molecule has 37 heavy (non-hydrogen) atoms. The van der Waals surface area contributed by atoms with E-state index in [1.165, 1.54) is 22.5 Å². The molecule has 0 atom stereocenters. The molecule has 0 radical (unpaired) electrons. The van der Waals surface area contributed by atoms with Gasteiger partial charge in [-0.2, -0.15) is 0 Å². The van der Waals surface area contributed by atoms with E-state index < -0.39 is 0 Å². The van der Waals surface area contributed by atoms with Gasteiger partial charge in [0, 0.05) is 56.3 Å². The second-order valence-corrected chi connectivity index (χ2v) is 12.5. The van der Waals surface area contributed by atoms with Gasteiger partial charge in [-0.25, -0.2) is 4.98 Å². The third-order valence-electron chi connectivity index (χ3n) is 6.97. The van der Waals surface area contributed by atoms with Crippen LogP contribution in [0.15, 0.2) is 66.7 Å². The van der Waals surface area contributed by atoms with Crippen molar-refractivity contribution in [1.29, 1.82) is 0 Å². The number of nitrogens with one attached hydrogen (secondary N) is 1. The lowest BCUT2D eigenvalue weighted by molar-refractivity contribution is 0.569. The normalized spacial score (nSPS) is 12.1. The van der Waals surface area contributed by atoms with Gasteiger partial charge in [-0.05, 0) is 58.4 Å². The van der Waals surface area contributed by atoms with Crippen LogP contribution in [0.2, 0.25) is 0 Å². The van der Waals surface area contributed by atoms with E-state index in [1.54, 1.807) is 0 Å². The summed E-state index contributed by atoms with van der Waals surface area (Å²) in [6, 6.07) is 24.3. The second-order valence-electron chi connectivity index (χ2n) is 12.5. The summed E-state index contributed by atoms with van der Waals surface area (Å²) in [4.78, 5) is 13.2. The first-order chi connectivity index (χ1) is 17.2. The van der Waals surface area contributed by atoms with Crippen LogP contribution in [-0.4, -0.2) is 38.2 Å². The smallest absolute Gasteiger partial charge is 0.138 e. The van der Waals surface area contributed by atoms with Gasteiger partial charge in [0.2, 0.25) is 0 Å². The number of benzene rings is 3. The molecule has 4 nitrogen and oxygen atoms in total. The molecule has 0 aliphatic heterocycles. The maximum absolute atomic E-state index is 5.23. The average molecular weight is 495 g/mol. The predicted molar refractivity (Wildman–Crippen MR) is 161 cm³/mol. The highest BCUT2D eigenvalue weighted by molar-refractivity contribution is 5.82. The van der Waals surface area contributed by atoms with E-state index in [9.17, 15) is 0 Å². The molecule has 1 aromatic heterocycles. The lowest BCUT2D eigenvalue weighted by atomic mass is 9.79. The van der Waals surface area contributed by atoms with Gasteiger partial charge in [0.15, 0.2) is 0 Å². The molecule has 0 amide bonds. The molecule has 0 bridgehead atoms. The summed E-state index contributed by atoms with van der Waals surface area (Å²) in [6.07, 6.45) is 0. The van der Waals surface area contributed by atoms with Crippen LogP contribution in [0.5, 0.6) is 0 Å². The molecular formula is C33H42N4. The SMILES string of the molecule is CN(C)c1ccc(-c2nc(-c3cc(C(C)(C)C)cc(C(C)(C)C)c3)[nH]c2-c2ccc(N(C)C)cc2)cc1. The van der Waals surface area contributed by atoms with Crippen molar-refractivity contribution in [2.75, 3.05) is 38.0 Å². The Morgan fingerprint density at radius 2 is 1.00 bits per heavy atom. The van der Waals surface area contributed by atoms with Crippen molar-refractivity contribution in [2.24, 2.45) is 0 Å². The Hall–Kier alpha value is -3.53. The van der Waals surface area contributed by atoms with Crippen LogP contribution in [0.25, 0.3) is 33.9 Å². The van der Waals surface area contributed by atoms with Crippen molar-refractivity contribution >= 4 is 11.4 Å². The summed E-state index contributed by atoms with van der Waals surface area (Å²) in [6.45, 7) is 13.6. The summed E-state index contributed by atoms with van der Waals surface area (Å²) in [5.41, 5.74) is 10.4.